The number of carbonyl (C=O) groups is 2. The second kappa shape index (κ2) is 6.05. The van der Waals surface area contributed by atoms with Crippen molar-refractivity contribution in [3.05, 3.63) is 29.8 Å². The maximum atomic E-state index is 12.1. The van der Waals surface area contributed by atoms with Gasteiger partial charge in [0.15, 0.2) is 0 Å². The van der Waals surface area contributed by atoms with Crippen molar-refractivity contribution in [1.29, 1.82) is 0 Å². The molecule has 1 aliphatic heterocycles. The molecule has 0 aliphatic carbocycles. The van der Waals surface area contributed by atoms with E-state index in [1.807, 2.05) is 38.1 Å². The van der Waals surface area contributed by atoms with Crippen molar-refractivity contribution in [3.63, 3.8) is 0 Å². The number of nitrogens with one attached hydrogen (secondary N) is 1. The van der Waals surface area contributed by atoms with Gasteiger partial charge in [0.1, 0.15) is 0 Å². The normalized spacial score (nSPS) is 20.1. The van der Waals surface area contributed by atoms with Crippen LogP contribution < -0.4 is 16.0 Å². The van der Waals surface area contributed by atoms with E-state index >= 15 is 0 Å². The number of nitrogens with zero attached hydrogens (tertiary/aromatic N) is 1. The Bertz CT molecular complexity index is 498. The van der Waals surface area contributed by atoms with Crippen molar-refractivity contribution in [2.75, 3.05) is 18.0 Å². The molecule has 1 aliphatic rings. The number of aryl methyl sites for hydroxylation is 1. The molecule has 5 nitrogen and oxygen atoms in total. The molecule has 1 heterocycles. The van der Waals surface area contributed by atoms with Crippen molar-refractivity contribution in [3.8, 4) is 0 Å². The Kier molecular flexibility index (Phi) is 4.39. The van der Waals surface area contributed by atoms with Crippen LogP contribution in [0, 0.1) is 12.8 Å². The summed E-state index contributed by atoms with van der Waals surface area (Å²) in [5.74, 6) is -0.391. The molecule has 20 heavy (non-hydrogen) atoms. The molecular formula is C15H21N3O2. The standard InChI is InChI=1S/C15H21N3O2/c1-10-3-5-13(6-4-10)18-9-12(7-14(18)19)15(20)17-11(2)8-16/h3-6,11-12H,7-9,16H2,1-2H3,(H,17,20)/t11-,12?/m0/s1. The monoisotopic (exact) mass is 275 g/mol. The van der Waals surface area contributed by atoms with E-state index in [9.17, 15) is 9.59 Å². The van der Waals surface area contributed by atoms with Crippen molar-refractivity contribution in [2.24, 2.45) is 11.7 Å². The van der Waals surface area contributed by atoms with Gasteiger partial charge in [-0.2, -0.15) is 0 Å². The number of hydrogen-bond acceptors (Lipinski definition) is 3. The topological polar surface area (TPSA) is 75.4 Å². The van der Waals surface area contributed by atoms with E-state index in [2.05, 4.69) is 5.32 Å². The molecule has 2 rings (SSSR count). The predicted octanol–water partition coefficient (Wildman–Crippen LogP) is 0.811. The first-order chi connectivity index (χ1) is 9.51. The molecule has 1 fully saturated rings. The summed E-state index contributed by atoms with van der Waals surface area (Å²) in [6, 6.07) is 7.69. The molecule has 0 radical (unpaired) electrons. The van der Waals surface area contributed by atoms with E-state index in [1.165, 1.54) is 0 Å². The van der Waals surface area contributed by atoms with Gasteiger partial charge in [0.2, 0.25) is 11.8 Å². The zero-order chi connectivity index (χ0) is 14.7. The van der Waals surface area contributed by atoms with E-state index in [4.69, 9.17) is 5.73 Å². The predicted molar refractivity (Wildman–Crippen MR) is 78.3 cm³/mol. The third-order valence-corrected chi connectivity index (χ3v) is 3.58. The zero-order valence-corrected chi connectivity index (χ0v) is 11.9. The molecule has 1 aromatic carbocycles. The minimum absolute atomic E-state index is 0.00518. The summed E-state index contributed by atoms with van der Waals surface area (Å²) in [6.45, 7) is 4.69. The Morgan fingerprint density at radius 3 is 2.70 bits per heavy atom. The first-order valence-corrected chi connectivity index (χ1v) is 6.88. The highest BCUT2D eigenvalue weighted by Gasteiger charge is 2.35. The van der Waals surface area contributed by atoms with Crippen LogP contribution in [0.2, 0.25) is 0 Å². The number of rotatable bonds is 4. The van der Waals surface area contributed by atoms with E-state index in [0.717, 1.165) is 11.3 Å². The third-order valence-electron chi connectivity index (χ3n) is 3.58. The minimum atomic E-state index is -0.294. The number of hydrogen-bond donors (Lipinski definition) is 2. The highest BCUT2D eigenvalue weighted by molar-refractivity contribution is 6.00. The average Bonchev–Trinajstić information content (AvgIpc) is 2.81. The van der Waals surface area contributed by atoms with E-state index in [-0.39, 0.29) is 30.2 Å². The van der Waals surface area contributed by atoms with Crippen LogP contribution >= 0.6 is 0 Å². The first-order valence-electron chi connectivity index (χ1n) is 6.88. The summed E-state index contributed by atoms with van der Waals surface area (Å²) in [7, 11) is 0. The van der Waals surface area contributed by atoms with Gasteiger partial charge in [0.05, 0.1) is 5.92 Å². The van der Waals surface area contributed by atoms with Crippen LogP contribution in [-0.4, -0.2) is 30.9 Å². The minimum Gasteiger partial charge on any atom is -0.352 e. The number of nitrogens with two attached hydrogens (primary N) is 1. The Labute approximate surface area is 119 Å². The van der Waals surface area contributed by atoms with Crippen molar-refractivity contribution in [1.82, 2.24) is 5.32 Å². The second-order valence-electron chi connectivity index (χ2n) is 5.39. The molecule has 5 heteroatoms. The third kappa shape index (κ3) is 3.17. The first kappa shape index (κ1) is 14.5. The lowest BCUT2D eigenvalue weighted by Gasteiger charge is -2.18. The smallest absolute Gasteiger partial charge is 0.227 e. The fourth-order valence-electron chi connectivity index (χ4n) is 2.28. The summed E-state index contributed by atoms with van der Waals surface area (Å²) in [5.41, 5.74) is 7.48. The number of carbonyl (C=O) groups excluding carboxylic acids is 2. The second-order valence-corrected chi connectivity index (χ2v) is 5.39. The summed E-state index contributed by atoms with van der Waals surface area (Å²) in [6.07, 6.45) is 0.261. The molecule has 2 atom stereocenters. The number of amides is 2. The van der Waals surface area contributed by atoms with Crippen LogP contribution in [0.3, 0.4) is 0 Å². The Morgan fingerprint density at radius 1 is 1.45 bits per heavy atom. The van der Waals surface area contributed by atoms with Crippen LogP contribution in [0.1, 0.15) is 18.9 Å². The Balaban J connectivity index is 2.03. The lowest BCUT2D eigenvalue weighted by atomic mass is 10.1. The van der Waals surface area contributed by atoms with Gasteiger partial charge in [0.25, 0.3) is 0 Å². The van der Waals surface area contributed by atoms with Crippen LogP contribution in [0.15, 0.2) is 24.3 Å². The molecule has 1 saturated heterocycles. The van der Waals surface area contributed by atoms with Gasteiger partial charge < -0.3 is 16.0 Å². The summed E-state index contributed by atoms with van der Waals surface area (Å²) < 4.78 is 0. The molecule has 0 bridgehead atoms. The summed E-state index contributed by atoms with van der Waals surface area (Å²) >= 11 is 0. The molecule has 0 saturated carbocycles. The number of benzene rings is 1. The van der Waals surface area contributed by atoms with Crippen LogP contribution in [0.25, 0.3) is 0 Å². The maximum absolute atomic E-state index is 12.1. The van der Waals surface area contributed by atoms with Gasteiger partial charge in [-0.3, -0.25) is 9.59 Å². The van der Waals surface area contributed by atoms with Crippen LogP contribution in [0.5, 0.6) is 0 Å². The van der Waals surface area contributed by atoms with Crippen molar-refractivity contribution < 1.29 is 9.59 Å². The molecule has 2 amide bonds. The van der Waals surface area contributed by atoms with Gasteiger partial charge in [-0.25, -0.2) is 0 Å². The highest BCUT2D eigenvalue weighted by atomic mass is 16.2. The quantitative estimate of drug-likeness (QED) is 0.854. The van der Waals surface area contributed by atoms with E-state index in [0.29, 0.717) is 13.1 Å². The van der Waals surface area contributed by atoms with Crippen molar-refractivity contribution in [2.45, 2.75) is 26.3 Å². The lowest BCUT2D eigenvalue weighted by molar-refractivity contribution is -0.126. The molecule has 1 unspecified atom stereocenters. The van der Waals surface area contributed by atoms with Gasteiger partial charge >= 0.3 is 0 Å². The highest BCUT2D eigenvalue weighted by Crippen LogP contribution is 2.25. The molecule has 0 aromatic heterocycles. The molecule has 1 aromatic rings. The largest absolute Gasteiger partial charge is 0.352 e. The van der Waals surface area contributed by atoms with E-state index < -0.39 is 0 Å². The zero-order valence-electron chi connectivity index (χ0n) is 11.9. The maximum Gasteiger partial charge on any atom is 0.227 e. The van der Waals surface area contributed by atoms with E-state index in [1.54, 1.807) is 4.90 Å². The lowest BCUT2D eigenvalue weighted by Crippen LogP contribution is -2.41. The van der Waals surface area contributed by atoms with Gasteiger partial charge in [0, 0.05) is 31.2 Å². The molecule has 3 N–H and O–H groups in total. The Morgan fingerprint density at radius 2 is 2.10 bits per heavy atom. The Hall–Kier alpha value is -1.88. The molecule has 108 valence electrons. The van der Waals surface area contributed by atoms with Gasteiger partial charge in [-0.1, -0.05) is 17.7 Å². The summed E-state index contributed by atoms with van der Waals surface area (Å²) in [4.78, 5) is 25.8. The molecular weight excluding hydrogens is 254 g/mol. The van der Waals surface area contributed by atoms with Crippen LogP contribution in [0.4, 0.5) is 5.69 Å². The molecule has 0 spiro atoms. The van der Waals surface area contributed by atoms with Gasteiger partial charge in [-0.05, 0) is 26.0 Å². The fourth-order valence-corrected chi connectivity index (χ4v) is 2.28. The summed E-state index contributed by atoms with van der Waals surface area (Å²) in [5, 5.41) is 2.83. The van der Waals surface area contributed by atoms with Crippen molar-refractivity contribution >= 4 is 17.5 Å². The average molecular weight is 275 g/mol. The van der Waals surface area contributed by atoms with Gasteiger partial charge in [-0.15, -0.1) is 0 Å². The fraction of sp³-hybridized carbons (Fsp3) is 0.467. The SMILES string of the molecule is Cc1ccc(N2CC(C(=O)N[C@@H](C)CN)CC2=O)cc1. The van der Waals surface area contributed by atoms with Crippen LogP contribution in [-0.2, 0) is 9.59 Å². The number of anilines is 1.